The summed E-state index contributed by atoms with van der Waals surface area (Å²) in [4.78, 5) is 25.9. The van der Waals surface area contributed by atoms with E-state index in [9.17, 15) is 14.0 Å². The molecule has 0 bridgehead atoms. The number of nitrogens with one attached hydrogen (secondary N) is 1. The molecule has 0 unspecified atom stereocenters. The lowest BCUT2D eigenvalue weighted by Gasteiger charge is -2.18. The fraction of sp³-hybridized carbons (Fsp3) is 0.391. The van der Waals surface area contributed by atoms with Crippen LogP contribution >= 0.6 is 0 Å². The molecule has 31 heavy (non-hydrogen) atoms. The maximum atomic E-state index is 13.1. The fourth-order valence-electron chi connectivity index (χ4n) is 3.74. The highest BCUT2D eigenvalue weighted by Crippen LogP contribution is 2.61. The van der Waals surface area contributed by atoms with E-state index in [0.717, 1.165) is 5.56 Å². The Kier molecular flexibility index (Phi) is 6.68. The molecule has 8 heteroatoms. The zero-order valence-electron chi connectivity index (χ0n) is 18.0. The van der Waals surface area contributed by atoms with Crippen molar-refractivity contribution in [2.45, 2.75) is 25.8 Å². The lowest BCUT2D eigenvalue weighted by atomic mass is 9.97. The third-order valence-electron chi connectivity index (χ3n) is 5.46. The summed E-state index contributed by atoms with van der Waals surface area (Å²) in [5, 5.41) is 2.79. The van der Waals surface area contributed by atoms with Gasteiger partial charge in [-0.05, 0) is 48.7 Å². The Morgan fingerprint density at radius 3 is 2.19 bits per heavy atom. The Morgan fingerprint density at radius 2 is 1.68 bits per heavy atom. The number of hydrogen-bond acceptors (Lipinski definition) is 6. The normalized spacial score (nSPS) is 19.3. The molecule has 1 N–H and O–H groups in total. The molecule has 7 nitrogen and oxygen atoms in total. The minimum absolute atomic E-state index is 0.161. The Bertz CT molecular complexity index is 936. The van der Waals surface area contributed by atoms with Crippen LogP contribution in [-0.4, -0.2) is 39.8 Å². The number of rotatable bonds is 9. The number of carbonyl (C=O) groups is 2. The minimum Gasteiger partial charge on any atom is -0.493 e. The monoisotopic (exact) mass is 431 g/mol. The third-order valence-corrected chi connectivity index (χ3v) is 5.46. The number of methoxy groups -OCH3 is 3. The van der Waals surface area contributed by atoms with Gasteiger partial charge in [0.2, 0.25) is 11.7 Å². The number of carbonyl (C=O) groups excluding carboxylic acids is 2. The smallest absolute Gasteiger partial charge is 0.322 e. The van der Waals surface area contributed by atoms with Crippen LogP contribution in [0.15, 0.2) is 36.4 Å². The molecule has 1 aliphatic carbocycles. The van der Waals surface area contributed by atoms with Gasteiger partial charge >= 0.3 is 5.97 Å². The maximum Gasteiger partial charge on any atom is 0.322 e. The van der Waals surface area contributed by atoms with E-state index in [4.69, 9.17) is 18.9 Å². The van der Waals surface area contributed by atoms with E-state index >= 15 is 0 Å². The van der Waals surface area contributed by atoms with Crippen molar-refractivity contribution in [3.63, 3.8) is 0 Å². The fourth-order valence-corrected chi connectivity index (χ4v) is 3.74. The summed E-state index contributed by atoms with van der Waals surface area (Å²) >= 11 is 0. The molecule has 2 aromatic rings. The molecule has 1 saturated carbocycles. The van der Waals surface area contributed by atoms with Gasteiger partial charge in [0.25, 0.3) is 0 Å². The maximum absolute atomic E-state index is 13.1. The number of hydrogen-bond donors (Lipinski definition) is 1. The van der Waals surface area contributed by atoms with Gasteiger partial charge in [-0.2, -0.15) is 0 Å². The largest absolute Gasteiger partial charge is 0.493 e. The Hall–Kier alpha value is -3.29. The van der Waals surface area contributed by atoms with Crippen LogP contribution in [0.3, 0.4) is 0 Å². The lowest BCUT2D eigenvalue weighted by molar-refractivity contribution is -0.154. The standard InChI is InChI=1S/C23H26FNO6/c1-5-31-22(27)23(21(26)25-13-14-6-8-16(24)9-7-14)12-17(23)15-10-18(28-2)20(30-4)19(11-15)29-3/h6-11,17H,5,12-13H2,1-4H3,(H,25,26)/t17-,23-/m0/s1. The molecular weight excluding hydrogens is 405 g/mol. The van der Waals surface area contributed by atoms with E-state index in [0.29, 0.717) is 29.2 Å². The molecule has 0 aliphatic heterocycles. The zero-order chi connectivity index (χ0) is 22.6. The summed E-state index contributed by atoms with van der Waals surface area (Å²) < 4.78 is 34.5. The van der Waals surface area contributed by atoms with Gasteiger partial charge in [0, 0.05) is 12.5 Å². The van der Waals surface area contributed by atoms with Crippen LogP contribution in [0.4, 0.5) is 4.39 Å². The van der Waals surface area contributed by atoms with Crippen LogP contribution in [0.1, 0.15) is 30.4 Å². The van der Waals surface area contributed by atoms with Crippen LogP contribution in [-0.2, 0) is 20.9 Å². The van der Waals surface area contributed by atoms with Crippen molar-refractivity contribution in [3.8, 4) is 17.2 Å². The summed E-state index contributed by atoms with van der Waals surface area (Å²) in [6.45, 7) is 2.02. The van der Waals surface area contributed by atoms with Crippen molar-refractivity contribution in [3.05, 3.63) is 53.3 Å². The molecule has 3 rings (SSSR count). The first-order valence-corrected chi connectivity index (χ1v) is 9.91. The number of amides is 1. The predicted molar refractivity (Wildman–Crippen MR) is 111 cm³/mol. The molecule has 1 aliphatic rings. The SMILES string of the molecule is CCOC(=O)[C@@]1(C(=O)NCc2ccc(F)cc2)C[C@H]1c1cc(OC)c(OC)c(OC)c1. The van der Waals surface area contributed by atoms with Crippen LogP contribution < -0.4 is 19.5 Å². The number of esters is 1. The summed E-state index contributed by atoms with van der Waals surface area (Å²) in [7, 11) is 4.51. The Labute approximate surface area is 180 Å². The molecule has 0 saturated heterocycles. The second-order valence-electron chi connectivity index (χ2n) is 7.22. The van der Waals surface area contributed by atoms with Crippen molar-refractivity contribution in [2.24, 2.45) is 5.41 Å². The van der Waals surface area contributed by atoms with Crippen molar-refractivity contribution < 1.29 is 32.9 Å². The van der Waals surface area contributed by atoms with Gasteiger partial charge in [0.05, 0.1) is 27.9 Å². The van der Waals surface area contributed by atoms with E-state index in [-0.39, 0.29) is 19.0 Å². The van der Waals surface area contributed by atoms with Gasteiger partial charge in [-0.25, -0.2) is 4.39 Å². The van der Waals surface area contributed by atoms with Crippen molar-refractivity contribution in [1.29, 1.82) is 0 Å². The van der Waals surface area contributed by atoms with Crippen molar-refractivity contribution in [1.82, 2.24) is 5.32 Å². The first-order chi connectivity index (χ1) is 14.9. The first-order valence-electron chi connectivity index (χ1n) is 9.91. The summed E-state index contributed by atoms with van der Waals surface area (Å²) in [5.41, 5.74) is 0.0823. The highest BCUT2D eigenvalue weighted by Gasteiger charge is 2.67. The summed E-state index contributed by atoms with van der Waals surface area (Å²) in [5.74, 6) is -0.478. The van der Waals surface area contributed by atoms with Crippen LogP contribution in [0, 0.1) is 11.2 Å². The molecule has 2 aromatic carbocycles. The molecule has 166 valence electrons. The molecule has 0 radical (unpaired) electrons. The third kappa shape index (κ3) is 4.28. The number of benzene rings is 2. The van der Waals surface area contributed by atoms with Crippen molar-refractivity contribution in [2.75, 3.05) is 27.9 Å². The summed E-state index contributed by atoms with van der Waals surface area (Å²) in [6, 6.07) is 9.27. The average molecular weight is 431 g/mol. The highest BCUT2D eigenvalue weighted by molar-refractivity contribution is 6.07. The van der Waals surface area contributed by atoms with Crippen LogP contribution in [0.25, 0.3) is 0 Å². The van der Waals surface area contributed by atoms with Crippen molar-refractivity contribution >= 4 is 11.9 Å². The lowest BCUT2D eigenvalue weighted by Crippen LogP contribution is -2.39. The first kappa shape index (κ1) is 22.4. The molecular formula is C23H26FNO6. The van der Waals surface area contributed by atoms with Crippen LogP contribution in [0.2, 0.25) is 0 Å². The quantitative estimate of drug-likeness (QED) is 0.485. The second kappa shape index (κ2) is 9.24. The molecule has 1 fully saturated rings. The topological polar surface area (TPSA) is 83.1 Å². The van der Waals surface area contributed by atoms with Gasteiger partial charge < -0.3 is 24.3 Å². The highest BCUT2D eigenvalue weighted by atomic mass is 19.1. The minimum atomic E-state index is -1.35. The van der Waals surface area contributed by atoms with Gasteiger partial charge in [-0.15, -0.1) is 0 Å². The second-order valence-corrected chi connectivity index (χ2v) is 7.22. The van der Waals surface area contributed by atoms with Gasteiger partial charge in [-0.3, -0.25) is 9.59 Å². The predicted octanol–water partition coefficient (Wildman–Crippen LogP) is 3.20. The van der Waals surface area contributed by atoms with Gasteiger partial charge in [-0.1, -0.05) is 12.1 Å². The van der Waals surface area contributed by atoms with E-state index in [2.05, 4.69) is 5.32 Å². The van der Waals surface area contributed by atoms with Gasteiger partial charge in [0.1, 0.15) is 5.82 Å². The van der Waals surface area contributed by atoms with Crippen LogP contribution in [0.5, 0.6) is 17.2 Å². The van der Waals surface area contributed by atoms with E-state index in [1.165, 1.54) is 33.5 Å². The molecule has 0 heterocycles. The molecule has 2 atom stereocenters. The molecule has 1 amide bonds. The summed E-state index contributed by atoms with van der Waals surface area (Å²) in [6.07, 6.45) is 0.291. The van der Waals surface area contributed by atoms with E-state index in [1.807, 2.05) is 0 Å². The average Bonchev–Trinajstić information content (AvgIpc) is 3.54. The van der Waals surface area contributed by atoms with Gasteiger partial charge in [0.15, 0.2) is 16.9 Å². The Morgan fingerprint density at radius 1 is 1.06 bits per heavy atom. The number of halogens is 1. The Balaban J connectivity index is 1.88. The number of ether oxygens (including phenoxy) is 4. The van der Waals surface area contributed by atoms with E-state index in [1.54, 1.807) is 31.2 Å². The molecule has 0 aromatic heterocycles. The zero-order valence-corrected chi connectivity index (χ0v) is 18.0. The molecule has 0 spiro atoms. The van der Waals surface area contributed by atoms with E-state index < -0.39 is 23.2 Å².